The van der Waals surface area contributed by atoms with Crippen molar-refractivity contribution in [2.75, 3.05) is 6.54 Å². The van der Waals surface area contributed by atoms with Crippen molar-refractivity contribution >= 4 is 0 Å². The Morgan fingerprint density at radius 2 is 1.94 bits per heavy atom. The number of rotatable bonds is 5. The van der Waals surface area contributed by atoms with E-state index in [0.29, 0.717) is 17.8 Å². The van der Waals surface area contributed by atoms with E-state index in [-0.39, 0.29) is 5.92 Å². The van der Waals surface area contributed by atoms with Crippen LogP contribution in [0.15, 0.2) is 34.9 Å². The molecule has 1 N–H and O–H groups in total. The Balaban J connectivity index is 2.15. The molecule has 0 aliphatic heterocycles. The number of benzene rings is 1. The fourth-order valence-electron chi connectivity index (χ4n) is 1.84. The first-order chi connectivity index (χ1) is 8.72. The molecule has 0 aliphatic rings. The van der Waals surface area contributed by atoms with Gasteiger partial charge < -0.3 is 9.84 Å². The van der Waals surface area contributed by atoms with E-state index in [1.165, 1.54) is 0 Å². The summed E-state index contributed by atoms with van der Waals surface area (Å²) in [5, 5.41) is 7.40. The fraction of sp³-hybridized carbons (Fsp3) is 0.429. The second kappa shape index (κ2) is 5.78. The Bertz CT molecular complexity index is 481. The van der Waals surface area contributed by atoms with Gasteiger partial charge in [0.25, 0.3) is 0 Å². The van der Waals surface area contributed by atoms with Gasteiger partial charge in [-0.15, -0.1) is 0 Å². The Morgan fingerprint density at radius 1 is 1.22 bits per heavy atom. The van der Waals surface area contributed by atoms with Crippen LogP contribution in [-0.2, 0) is 0 Å². The molecule has 18 heavy (non-hydrogen) atoms. The van der Waals surface area contributed by atoms with Crippen LogP contribution in [-0.4, -0.2) is 22.7 Å². The minimum Gasteiger partial charge on any atom is -0.339 e. The van der Waals surface area contributed by atoms with Crippen molar-refractivity contribution in [3.63, 3.8) is 0 Å². The van der Waals surface area contributed by atoms with Gasteiger partial charge in [0.05, 0.1) is 5.92 Å². The van der Waals surface area contributed by atoms with E-state index in [9.17, 15) is 0 Å². The molecule has 0 bridgehead atoms. The summed E-state index contributed by atoms with van der Waals surface area (Å²) in [4.78, 5) is 4.47. The zero-order valence-corrected chi connectivity index (χ0v) is 11.1. The minimum absolute atomic E-state index is 0.204. The van der Waals surface area contributed by atoms with Crippen molar-refractivity contribution in [2.24, 2.45) is 0 Å². The van der Waals surface area contributed by atoms with Crippen molar-refractivity contribution in [1.29, 1.82) is 0 Å². The Kier molecular flexibility index (Phi) is 4.10. The highest BCUT2D eigenvalue weighted by Crippen LogP contribution is 2.21. The Hall–Kier alpha value is -1.68. The quantitative estimate of drug-likeness (QED) is 0.880. The highest BCUT2D eigenvalue weighted by Gasteiger charge is 2.20. The maximum Gasteiger partial charge on any atom is 0.231 e. The summed E-state index contributed by atoms with van der Waals surface area (Å²) in [6, 6.07) is 10.2. The summed E-state index contributed by atoms with van der Waals surface area (Å²) in [6.45, 7) is 7.24. The van der Waals surface area contributed by atoms with Crippen LogP contribution in [0.2, 0.25) is 0 Å². The zero-order valence-electron chi connectivity index (χ0n) is 11.1. The van der Waals surface area contributed by atoms with Crippen LogP contribution in [0.3, 0.4) is 0 Å². The third-order valence-corrected chi connectivity index (χ3v) is 3.14. The number of likely N-dealkylation sites (N-methyl/N-ethyl adjacent to an activating group) is 1. The maximum atomic E-state index is 5.35. The van der Waals surface area contributed by atoms with Crippen molar-refractivity contribution in [3.8, 4) is 11.4 Å². The maximum absolute atomic E-state index is 5.35. The van der Waals surface area contributed by atoms with Crippen LogP contribution in [0.1, 0.15) is 32.6 Å². The third-order valence-electron chi connectivity index (χ3n) is 3.14. The normalized spacial score (nSPS) is 14.4. The van der Waals surface area contributed by atoms with E-state index in [1.54, 1.807) is 0 Å². The molecule has 2 atom stereocenters. The standard InChI is InChI=1S/C14H19N3O/c1-4-15-11(3)10(2)14-16-13(17-18-14)12-8-6-5-7-9-12/h5-11,15H,4H2,1-3H3. The number of nitrogens with one attached hydrogen (secondary N) is 1. The van der Waals surface area contributed by atoms with Gasteiger partial charge in [0.1, 0.15) is 0 Å². The SMILES string of the molecule is CCNC(C)C(C)c1nc(-c2ccccc2)no1. The molecule has 0 amide bonds. The van der Waals surface area contributed by atoms with Crippen LogP contribution in [0.5, 0.6) is 0 Å². The highest BCUT2D eigenvalue weighted by atomic mass is 16.5. The molecule has 4 heteroatoms. The lowest BCUT2D eigenvalue weighted by Gasteiger charge is -2.16. The molecule has 2 unspecified atom stereocenters. The largest absolute Gasteiger partial charge is 0.339 e. The molecule has 0 radical (unpaired) electrons. The van der Waals surface area contributed by atoms with Gasteiger partial charge in [0, 0.05) is 11.6 Å². The van der Waals surface area contributed by atoms with E-state index >= 15 is 0 Å². The molecule has 96 valence electrons. The minimum atomic E-state index is 0.204. The first kappa shape index (κ1) is 12.8. The first-order valence-electron chi connectivity index (χ1n) is 6.34. The van der Waals surface area contributed by atoms with Gasteiger partial charge in [0.2, 0.25) is 11.7 Å². The third kappa shape index (κ3) is 2.76. The molecule has 1 aromatic heterocycles. The van der Waals surface area contributed by atoms with Crippen LogP contribution in [0, 0.1) is 0 Å². The molecule has 2 aromatic rings. The molecule has 0 saturated heterocycles. The lowest BCUT2D eigenvalue weighted by atomic mass is 10.0. The monoisotopic (exact) mass is 245 g/mol. The summed E-state index contributed by atoms with van der Waals surface area (Å²) < 4.78 is 5.35. The molecule has 1 aromatic carbocycles. The van der Waals surface area contributed by atoms with Crippen molar-refractivity contribution in [3.05, 3.63) is 36.2 Å². The lowest BCUT2D eigenvalue weighted by molar-refractivity contribution is 0.332. The van der Waals surface area contributed by atoms with Gasteiger partial charge in [-0.2, -0.15) is 4.98 Å². The Labute approximate surface area is 107 Å². The number of nitrogens with zero attached hydrogens (tertiary/aromatic N) is 2. The average molecular weight is 245 g/mol. The van der Waals surface area contributed by atoms with Gasteiger partial charge >= 0.3 is 0 Å². The second-order valence-corrected chi connectivity index (χ2v) is 4.46. The average Bonchev–Trinajstić information content (AvgIpc) is 2.89. The molecule has 0 aliphatic carbocycles. The van der Waals surface area contributed by atoms with E-state index in [4.69, 9.17) is 4.52 Å². The molecule has 0 spiro atoms. The van der Waals surface area contributed by atoms with Crippen LogP contribution >= 0.6 is 0 Å². The van der Waals surface area contributed by atoms with Gasteiger partial charge in [-0.1, -0.05) is 49.3 Å². The summed E-state index contributed by atoms with van der Waals surface area (Å²) in [5.41, 5.74) is 0.982. The lowest BCUT2D eigenvalue weighted by Crippen LogP contribution is -2.30. The fourth-order valence-corrected chi connectivity index (χ4v) is 1.84. The van der Waals surface area contributed by atoms with Gasteiger partial charge in [-0.05, 0) is 13.5 Å². The van der Waals surface area contributed by atoms with Gasteiger partial charge in [-0.25, -0.2) is 0 Å². The molecule has 0 fully saturated rings. The van der Waals surface area contributed by atoms with Gasteiger partial charge in [0.15, 0.2) is 0 Å². The molecule has 1 heterocycles. The smallest absolute Gasteiger partial charge is 0.231 e. The number of hydrogen-bond donors (Lipinski definition) is 1. The first-order valence-corrected chi connectivity index (χ1v) is 6.34. The summed E-state index contributed by atoms with van der Waals surface area (Å²) in [7, 11) is 0. The van der Waals surface area contributed by atoms with Crippen molar-refractivity contribution in [1.82, 2.24) is 15.5 Å². The predicted molar refractivity (Wildman–Crippen MR) is 71.3 cm³/mol. The molecular weight excluding hydrogens is 226 g/mol. The predicted octanol–water partition coefficient (Wildman–Crippen LogP) is 2.84. The van der Waals surface area contributed by atoms with E-state index in [0.717, 1.165) is 12.1 Å². The molecule has 4 nitrogen and oxygen atoms in total. The summed E-state index contributed by atoms with van der Waals surface area (Å²) in [5.74, 6) is 1.54. The Morgan fingerprint density at radius 3 is 2.61 bits per heavy atom. The van der Waals surface area contributed by atoms with E-state index in [2.05, 4.69) is 36.2 Å². The van der Waals surface area contributed by atoms with Crippen LogP contribution < -0.4 is 5.32 Å². The van der Waals surface area contributed by atoms with Crippen LogP contribution in [0.4, 0.5) is 0 Å². The van der Waals surface area contributed by atoms with Crippen molar-refractivity contribution in [2.45, 2.75) is 32.7 Å². The van der Waals surface area contributed by atoms with Gasteiger partial charge in [-0.3, -0.25) is 0 Å². The molecule has 0 saturated carbocycles. The number of aromatic nitrogens is 2. The number of hydrogen-bond acceptors (Lipinski definition) is 4. The molecule has 2 rings (SSSR count). The highest BCUT2D eigenvalue weighted by molar-refractivity contribution is 5.53. The van der Waals surface area contributed by atoms with Crippen molar-refractivity contribution < 1.29 is 4.52 Å². The topological polar surface area (TPSA) is 51.0 Å². The zero-order chi connectivity index (χ0) is 13.0. The summed E-state index contributed by atoms with van der Waals surface area (Å²) >= 11 is 0. The van der Waals surface area contributed by atoms with E-state index in [1.807, 2.05) is 30.3 Å². The molecular formula is C14H19N3O. The van der Waals surface area contributed by atoms with E-state index < -0.39 is 0 Å². The summed E-state index contributed by atoms with van der Waals surface area (Å²) in [6.07, 6.45) is 0. The van der Waals surface area contributed by atoms with Crippen LogP contribution in [0.25, 0.3) is 11.4 Å². The second-order valence-electron chi connectivity index (χ2n) is 4.46.